The van der Waals surface area contributed by atoms with E-state index in [4.69, 9.17) is 0 Å². The molecule has 104 valence electrons. The van der Waals surface area contributed by atoms with Crippen LogP contribution in [0.1, 0.15) is 13.3 Å². The zero-order valence-electron chi connectivity index (χ0n) is 11.2. The van der Waals surface area contributed by atoms with Gasteiger partial charge in [-0.3, -0.25) is 9.78 Å². The Kier molecular flexibility index (Phi) is 5.49. The van der Waals surface area contributed by atoms with Crippen molar-refractivity contribution >= 4 is 17.7 Å². The van der Waals surface area contributed by atoms with Crippen LogP contribution in [0.4, 0.5) is 0 Å². The first-order valence-electron chi connectivity index (χ1n) is 6.43. The minimum atomic E-state index is 0.0249. The number of hydrogen-bond acceptors (Lipinski definition) is 5. The number of pyridine rings is 1. The summed E-state index contributed by atoms with van der Waals surface area (Å²) in [5, 5.41) is 11.8. The summed E-state index contributed by atoms with van der Waals surface area (Å²) in [7, 11) is 0. The van der Waals surface area contributed by atoms with E-state index in [0.717, 1.165) is 22.7 Å². The Labute approximate surface area is 122 Å². The highest BCUT2D eigenvalue weighted by Gasteiger charge is 2.04. The fourth-order valence-electron chi connectivity index (χ4n) is 1.53. The Morgan fingerprint density at radius 3 is 2.65 bits per heavy atom. The molecule has 2 rings (SSSR count). The van der Waals surface area contributed by atoms with Crippen molar-refractivity contribution in [3.05, 3.63) is 36.7 Å². The van der Waals surface area contributed by atoms with Crippen molar-refractivity contribution in [2.75, 3.05) is 12.3 Å². The van der Waals surface area contributed by atoms with Gasteiger partial charge in [0.05, 0.1) is 11.4 Å². The molecule has 1 amide bonds. The third kappa shape index (κ3) is 4.31. The standard InChI is InChI=1S/C14H16N4OS/c1-2-7-16-13(19)10-20-14-4-3-12(17-18-14)11-5-8-15-9-6-11/h3-6,8-9H,2,7,10H2,1H3,(H,16,19). The van der Waals surface area contributed by atoms with Crippen LogP contribution in [0.5, 0.6) is 0 Å². The number of aromatic nitrogens is 3. The Morgan fingerprint density at radius 2 is 2.00 bits per heavy atom. The van der Waals surface area contributed by atoms with E-state index in [9.17, 15) is 4.79 Å². The largest absolute Gasteiger partial charge is 0.355 e. The van der Waals surface area contributed by atoms with Crippen LogP contribution in [0.3, 0.4) is 0 Å². The predicted molar refractivity (Wildman–Crippen MR) is 79.3 cm³/mol. The van der Waals surface area contributed by atoms with E-state index in [0.29, 0.717) is 12.3 Å². The molecule has 0 fully saturated rings. The molecule has 2 aromatic rings. The summed E-state index contributed by atoms with van der Waals surface area (Å²) in [5.74, 6) is 0.389. The second-order valence-corrected chi connectivity index (χ2v) is 5.13. The molecule has 1 N–H and O–H groups in total. The molecule has 0 spiro atoms. The Hall–Kier alpha value is -1.95. The summed E-state index contributed by atoms with van der Waals surface area (Å²) in [4.78, 5) is 15.4. The van der Waals surface area contributed by atoms with Crippen LogP contribution in [0.25, 0.3) is 11.3 Å². The van der Waals surface area contributed by atoms with E-state index in [1.165, 1.54) is 11.8 Å². The zero-order chi connectivity index (χ0) is 14.2. The van der Waals surface area contributed by atoms with Crippen LogP contribution < -0.4 is 5.32 Å². The van der Waals surface area contributed by atoms with Crippen LogP contribution in [-0.4, -0.2) is 33.4 Å². The first kappa shape index (κ1) is 14.5. The summed E-state index contributed by atoms with van der Waals surface area (Å²) in [6.45, 7) is 2.74. The monoisotopic (exact) mass is 288 g/mol. The van der Waals surface area contributed by atoms with E-state index in [1.807, 2.05) is 31.2 Å². The third-order valence-corrected chi connectivity index (χ3v) is 3.46. The number of nitrogens with zero attached hydrogens (tertiary/aromatic N) is 3. The highest BCUT2D eigenvalue weighted by molar-refractivity contribution is 7.99. The fourth-order valence-corrected chi connectivity index (χ4v) is 2.17. The van der Waals surface area contributed by atoms with E-state index in [2.05, 4.69) is 20.5 Å². The first-order valence-corrected chi connectivity index (χ1v) is 7.42. The summed E-state index contributed by atoms with van der Waals surface area (Å²) >= 11 is 1.38. The van der Waals surface area contributed by atoms with Gasteiger partial charge in [0.1, 0.15) is 5.03 Å². The highest BCUT2D eigenvalue weighted by atomic mass is 32.2. The molecule has 0 aliphatic rings. The topological polar surface area (TPSA) is 67.8 Å². The van der Waals surface area contributed by atoms with Gasteiger partial charge in [-0.1, -0.05) is 18.7 Å². The number of carbonyl (C=O) groups excluding carboxylic acids is 1. The maximum absolute atomic E-state index is 11.5. The maximum atomic E-state index is 11.5. The lowest BCUT2D eigenvalue weighted by atomic mass is 10.2. The summed E-state index contributed by atoms with van der Waals surface area (Å²) in [6, 6.07) is 7.54. The molecule has 0 aliphatic heterocycles. The molecule has 0 aliphatic carbocycles. The molecular weight excluding hydrogens is 272 g/mol. The summed E-state index contributed by atoms with van der Waals surface area (Å²) in [6.07, 6.45) is 4.38. The van der Waals surface area contributed by atoms with Gasteiger partial charge < -0.3 is 5.32 Å². The normalized spacial score (nSPS) is 10.2. The number of rotatable bonds is 6. The predicted octanol–water partition coefficient (Wildman–Crippen LogP) is 2.16. The van der Waals surface area contributed by atoms with E-state index >= 15 is 0 Å². The number of amides is 1. The van der Waals surface area contributed by atoms with Crippen molar-refractivity contribution in [1.82, 2.24) is 20.5 Å². The van der Waals surface area contributed by atoms with Gasteiger partial charge in [-0.05, 0) is 30.7 Å². The molecule has 0 atom stereocenters. The average Bonchev–Trinajstić information content (AvgIpc) is 2.52. The molecule has 0 saturated heterocycles. The molecule has 20 heavy (non-hydrogen) atoms. The second kappa shape index (κ2) is 7.59. The van der Waals surface area contributed by atoms with Crippen molar-refractivity contribution in [3.63, 3.8) is 0 Å². The SMILES string of the molecule is CCCNC(=O)CSc1ccc(-c2ccncc2)nn1. The minimum absolute atomic E-state index is 0.0249. The molecular formula is C14H16N4OS. The Bertz CT molecular complexity index is 545. The van der Waals surface area contributed by atoms with Crippen LogP contribution in [0.2, 0.25) is 0 Å². The van der Waals surface area contributed by atoms with Gasteiger partial charge in [-0.2, -0.15) is 0 Å². The fraction of sp³-hybridized carbons (Fsp3) is 0.286. The number of hydrogen-bond donors (Lipinski definition) is 1. The van der Waals surface area contributed by atoms with Gasteiger partial charge in [0.2, 0.25) is 5.91 Å². The van der Waals surface area contributed by atoms with Gasteiger partial charge >= 0.3 is 0 Å². The molecule has 0 radical (unpaired) electrons. The Morgan fingerprint density at radius 1 is 1.20 bits per heavy atom. The molecule has 2 heterocycles. The van der Waals surface area contributed by atoms with Crippen molar-refractivity contribution in [1.29, 1.82) is 0 Å². The highest BCUT2D eigenvalue weighted by Crippen LogP contribution is 2.18. The van der Waals surface area contributed by atoms with Gasteiger partial charge in [-0.25, -0.2) is 0 Å². The first-order chi connectivity index (χ1) is 9.79. The molecule has 0 aromatic carbocycles. The lowest BCUT2D eigenvalue weighted by Gasteiger charge is -2.03. The lowest BCUT2D eigenvalue weighted by Crippen LogP contribution is -2.25. The third-order valence-electron chi connectivity index (χ3n) is 2.54. The maximum Gasteiger partial charge on any atom is 0.230 e. The van der Waals surface area contributed by atoms with Crippen LogP contribution in [0.15, 0.2) is 41.7 Å². The number of carbonyl (C=O) groups is 1. The van der Waals surface area contributed by atoms with E-state index in [1.54, 1.807) is 12.4 Å². The zero-order valence-corrected chi connectivity index (χ0v) is 12.1. The lowest BCUT2D eigenvalue weighted by molar-refractivity contribution is -0.118. The summed E-state index contributed by atoms with van der Waals surface area (Å²) in [5.41, 5.74) is 1.77. The molecule has 2 aromatic heterocycles. The molecule has 0 bridgehead atoms. The summed E-state index contributed by atoms with van der Waals surface area (Å²) < 4.78 is 0. The van der Waals surface area contributed by atoms with Crippen molar-refractivity contribution < 1.29 is 4.79 Å². The number of thioether (sulfide) groups is 1. The van der Waals surface area contributed by atoms with Gasteiger partial charge in [-0.15, -0.1) is 10.2 Å². The van der Waals surface area contributed by atoms with Gasteiger partial charge in [0, 0.05) is 24.5 Å². The van der Waals surface area contributed by atoms with Crippen molar-refractivity contribution in [2.24, 2.45) is 0 Å². The van der Waals surface area contributed by atoms with Crippen LogP contribution >= 0.6 is 11.8 Å². The minimum Gasteiger partial charge on any atom is -0.355 e. The van der Waals surface area contributed by atoms with Gasteiger partial charge in [0.15, 0.2) is 0 Å². The van der Waals surface area contributed by atoms with Crippen molar-refractivity contribution in [3.8, 4) is 11.3 Å². The molecule has 0 saturated carbocycles. The molecule has 6 heteroatoms. The average molecular weight is 288 g/mol. The van der Waals surface area contributed by atoms with Crippen molar-refractivity contribution in [2.45, 2.75) is 18.4 Å². The Balaban J connectivity index is 1.90. The smallest absolute Gasteiger partial charge is 0.230 e. The van der Waals surface area contributed by atoms with E-state index in [-0.39, 0.29) is 5.91 Å². The number of nitrogens with one attached hydrogen (secondary N) is 1. The van der Waals surface area contributed by atoms with Crippen LogP contribution in [-0.2, 0) is 4.79 Å². The molecule has 0 unspecified atom stereocenters. The van der Waals surface area contributed by atoms with Crippen LogP contribution in [0, 0.1) is 0 Å². The second-order valence-electron chi connectivity index (χ2n) is 4.13. The quantitative estimate of drug-likeness (QED) is 0.825. The molecule has 5 nitrogen and oxygen atoms in total. The van der Waals surface area contributed by atoms with Gasteiger partial charge in [0.25, 0.3) is 0 Å². The van der Waals surface area contributed by atoms with E-state index < -0.39 is 0 Å².